The van der Waals surface area contributed by atoms with Gasteiger partial charge in [0, 0.05) is 18.0 Å². The Balaban J connectivity index is 1.19. The van der Waals surface area contributed by atoms with E-state index in [0.29, 0.717) is 18.3 Å². The molecule has 1 amide bonds. The molecular weight excluding hydrogens is 424 g/mol. The zero-order chi connectivity index (χ0) is 24.0. The molecule has 6 heteroatoms. The standard InChI is InChI=1S/C28H36N4O2/c1-28(2,3)24-13-11-22(12-14-24)26-30-25(34-31-26)20-32-18-15-23(16-19-32)27(33)29-17-7-10-21-8-5-4-6-9-21/h4-6,8-9,11-14,23H,7,10,15-20H2,1-3H3,(H,29,33). The normalized spacial score (nSPS) is 15.4. The molecule has 0 aliphatic carbocycles. The Kier molecular flexibility index (Phi) is 7.78. The summed E-state index contributed by atoms with van der Waals surface area (Å²) in [4.78, 5) is 19.4. The lowest BCUT2D eigenvalue weighted by atomic mass is 9.87. The third-order valence-corrected chi connectivity index (χ3v) is 6.58. The number of piperidine rings is 1. The molecule has 3 aromatic rings. The summed E-state index contributed by atoms with van der Waals surface area (Å²) in [5.41, 5.74) is 3.68. The van der Waals surface area contributed by atoms with Gasteiger partial charge in [0.1, 0.15) is 0 Å². The van der Waals surface area contributed by atoms with Gasteiger partial charge in [-0.1, -0.05) is 80.5 Å². The summed E-state index contributed by atoms with van der Waals surface area (Å²) < 4.78 is 5.51. The van der Waals surface area contributed by atoms with Crippen LogP contribution in [0.25, 0.3) is 11.4 Å². The summed E-state index contributed by atoms with van der Waals surface area (Å²) in [7, 11) is 0. The van der Waals surface area contributed by atoms with E-state index in [1.807, 2.05) is 6.07 Å². The highest BCUT2D eigenvalue weighted by Crippen LogP contribution is 2.25. The lowest BCUT2D eigenvalue weighted by Gasteiger charge is -2.30. The number of nitrogens with one attached hydrogen (secondary N) is 1. The van der Waals surface area contributed by atoms with Crippen LogP contribution >= 0.6 is 0 Å². The highest BCUT2D eigenvalue weighted by molar-refractivity contribution is 5.78. The van der Waals surface area contributed by atoms with Gasteiger partial charge in [-0.3, -0.25) is 9.69 Å². The molecule has 0 unspecified atom stereocenters. The third-order valence-electron chi connectivity index (χ3n) is 6.58. The Labute approximate surface area is 202 Å². The minimum atomic E-state index is 0.0903. The molecule has 1 aliphatic rings. The van der Waals surface area contributed by atoms with Crippen LogP contribution in [0.5, 0.6) is 0 Å². The number of aromatic nitrogens is 2. The molecule has 6 nitrogen and oxygen atoms in total. The van der Waals surface area contributed by atoms with Gasteiger partial charge in [-0.15, -0.1) is 0 Å². The van der Waals surface area contributed by atoms with Crippen molar-refractivity contribution in [3.63, 3.8) is 0 Å². The summed E-state index contributed by atoms with van der Waals surface area (Å²) in [5, 5.41) is 7.30. The second-order valence-electron chi connectivity index (χ2n) is 10.3. The van der Waals surface area contributed by atoms with Gasteiger partial charge < -0.3 is 9.84 Å². The number of carbonyl (C=O) groups excluding carboxylic acids is 1. The third kappa shape index (κ3) is 6.54. The minimum absolute atomic E-state index is 0.0903. The number of hydrogen-bond donors (Lipinski definition) is 1. The van der Waals surface area contributed by atoms with Crippen LogP contribution in [-0.2, 0) is 23.2 Å². The average molecular weight is 461 g/mol. The zero-order valence-electron chi connectivity index (χ0n) is 20.6. The molecule has 34 heavy (non-hydrogen) atoms. The molecule has 1 fully saturated rings. The minimum Gasteiger partial charge on any atom is -0.356 e. The second-order valence-corrected chi connectivity index (χ2v) is 10.3. The fourth-order valence-electron chi connectivity index (χ4n) is 4.39. The number of rotatable bonds is 8. The molecule has 1 N–H and O–H groups in total. The smallest absolute Gasteiger partial charge is 0.241 e. The van der Waals surface area contributed by atoms with Crippen molar-refractivity contribution in [1.82, 2.24) is 20.4 Å². The molecule has 2 heterocycles. The lowest BCUT2D eigenvalue weighted by Crippen LogP contribution is -2.40. The van der Waals surface area contributed by atoms with Crippen molar-refractivity contribution in [3.05, 3.63) is 71.6 Å². The number of aryl methyl sites for hydroxylation is 1. The van der Waals surface area contributed by atoms with Crippen LogP contribution in [0, 0.1) is 5.92 Å². The summed E-state index contributed by atoms with van der Waals surface area (Å²) >= 11 is 0. The van der Waals surface area contributed by atoms with Gasteiger partial charge in [0.05, 0.1) is 6.54 Å². The zero-order valence-corrected chi connectivity index (χ0v) is 20.6. The van der Waals surface area contributed by atoms with Crippen molar-refractivity contribution in [3.8, 4) is 11.4 Å². The fourth-order valence-corrected chi connectivity index (χ4v) is 4.39. The first-order valence-electron chi connectivity index (χ1n) is 12.4. The first kappa shape index (κ1) is 24.1. The van der Waals surface area contributed by atoms with E-state index in [2.05, 4.69) is 89.7 Å². The van der Waals surface area contributed by atoms with Crippen molar-refractivity contribution >= 4 is 5.91 Å². The largest absolute Gasteiger partial charge is 0.356 e. The van der Waals surface area contributed by atoms with Crippen molar-refractivity contribution in [2.45, 2.75) is 58.4 Å². The van der Waals surface area contributed by atoms with E-state index in [-0.39, 0.29) is 17.2 Å². The van der Waals surface area contributed by atoms with Crippen molar-refractivity contribution in [2.24, 2.45) is 5.92 Å². The molecule has 1 saturated heterocycles. The highest BCUT2D eigenvalue weighted by Gasteiger charge is 2.26. The van der Waals surface area contributed by atoms with Gasteiger partial charge in [-0.2, -0.15) is 4.98 Å². The maximum atomic E-state index is 12.5. The van der Waals surface area contributed by atoms with E-state index < -0.39 is 0 Å². The Morgan fingerprint density at radius 1 is 1.06 bits per heavy atom. The van der Waals surface area contributed by atoms with E-state index in [9.17, 15) is 4.79 Å². The Hall–Kier alpha value is -2.99. The van der Waals surface area contributed by atoms with E-state index in [0.717, 1.165) is 50.9 Å². The van der Waals surface area contributed by atoms with Crippen LogP contribution in [0.3, 0.4) is 0 Å². The van der Waals surface area contributed by atoms with Crippen molar-refractivity contribution < 1.29 is 9.32 Å². The molecule has 2 aromatic carbocycles. The Bertz CT molecular complexity index is 1050. The molecule has 1 aliphatic heterocycles. The first-order valence-corrected chi connectivity index (χ1v) is 12.4. The monoisotopic (exact) mass is 460 g/mol. The number of nitrogens with zero attached hydrogens (tertiary/aromatic N) is 3. The second kappa shape index (κ2) is 11.0. The molecule has 0 atom stereocenters. The molecule has 4 rings (SSSR count). The van der Waals surface area contributed by atoms with Crippen molar-refractivity contribution in [2.75, 3.05) is 19.6 Å². The Morgan fingerprint density at radius 2 is 1.76 bits per heavy atom. The van der Waals surface area contributed by atoms with Gasteiger partial charge in [0.15, 0.2) is 0 Å². The number of benzene rings is 2. The first-order chi connectivity index (χ1) is 16.4. The summed E-state index contributed by atoms with van der Waals surface area (Å²) in [6.07, 6.45) is 3.68. The summed E-state index contributed by atoms with van der Waals surface area (Å²) in [6.45, 7) is 9.68. The number of hydrogen-bond acceptors (Lipinski definition) is 5. The molecule has 1 aromatic heterocycles. The molecule has 0 saturated carbocycles. The molecule has 0 radical (unpaired) electrons. The molecule has 0 spiro atoms. The van der Waals surface area contributed by atoms with Crippen LogP contribution in [0.15, 0.2) is 59.1 Å². The fraction of sp³-hybridized carbons (Fsp3) is 0.464. The maximum absolute atomic E-state index is 12.5. The van der Waals surface area contributed by atoms with E-state index in [1.165, 1.54) is 11.1 Å². The highest BCUT2D eigenvalue weighted by atomic mass is 16.5. The number of likely N-dealkylation sites (tertiary alicyclic amines) is 1. The van der Waals surface area contributed by atoms with Crippen LogP contribution in [0.4, 0.5) is 0 Å². The average Bonchev–Trinajstić information content (AvgIpc) is 3.31. The van der Waals surface area contributed by atoms with E-state index in [1.54, 1.807) is 0 Å². The van der Waals surface area contributed by atoms with Crippen LogP contribution in [0.2, 0.25) is 0 Å². The lowest BCUT2D eigenvalue weighted by molar-refractivity contribution is -0.126. The van der Waals surface area contributed by atoms with E-state index in [4.69, 9.17) is 4.52 Å². The predicted octanol–water partition coefficient (Wildman–Crippen LogP) is 5.00. The topological polar surface area (TPSA) is 71.3 Å². The maximum Gasteiger partial charge on any atom is 0.241 e. The van der Waals surface area contributed by atoms with Gasteiger partial charge in [-0.05, 0) is 55.3 Å². The SMILES string of the molecule is CC(C)(C)c1ccc(-c2noc(CN3CCC(C(=O)NCCCc4ccccc4)CC3)n2)cc1. The number of carbonyl (C=O) groups is 1. The van der Waals surface area contributed by atoms with Crippen molar-refractivity contribution in [1.29, 1.82) is 0 Å². The van der Waals surface area contributed by atoms with Gasteiger partial charge >= 0.3 is 0 Å². The summed E-state index contributed by atoms with van der Waals surface area (Å²) in [5.74, 6) is 1.53. The Morgan fingerprint density at radius 3 is 2.44 bits per heavy atom. The van der Waals surface area contributed by atoms with Gasteiger partial charge in [-0.25, -0.2) is 0 Å². The van der Waals surface area contributed by atoms with Gasteiger partial charge in [0.2, 0.25) is 17.6 Å². The van der Waals surface area contributed by atoms with E-state index >= 15 is 0 Å². The molecule has 180 valence electrons. The number of amides is 1. The van der Waals surface area contributed by atoms with Crippen LogP contribution in [0.1, 0.15) is 57.1 Å². The van der Waals surface area contributed by atoms with Crippen LogP contribution < -0.4 is 5.32 Å². The summed E-state index contributed by atoms with van der Waals surface area (Å²) in [6, 6.07) is 18.8. The molecular formula is C28H36N4O2. The molecule has 0 bridgehead atoms. The van der Waals surface area contributed by atoms with Crippen LogP contribution in [-0.4, -0.2) is 40.6 Å². The predicted molar refractivity (Wildman–Crippen MR) is 134 cm³/mol. The van der Waals surface area contributed by atoms with Gasteiger partial charge in [0.25, 0.3) is 0 Å². The quantitative estimate of drug-likeness (QED) is 0.479.